The fourth-order valence-corrected chi connectivity index (χ4v) is 4.12. The number of hydrogen-bond acceptors (Lipinski definition) is 4. The first-order chi connectivity index (χ1) is 12.9. The van der Waals surface area contributed by atoms with E-state index in [1.165, 1.54) is 12.1 Å². The van der Waals surface area contributed by atoms with Gasteiger partial charge in [0, 0.05) is 17.8 Å². The third-order valence-corrected chi connectivity index (χ3v) is 5.74. The van der Waals surface area contributed by atoms with E-state index in [1.807, 2.05) is 6.07 Å². The van der Waals surface area contributed by atoms with Crippen molar-refractivity contribution in [3.63, 3.8) is 0 Å². The van der Waals surface area contributed by atoms with Crippen LogP contribution in [-0.2, 0) is 15.6 Å². The first-order valence-electron chi connectivity index (χ1n) is 8.00. The normalized spacial score (nSPS) is 11.8. The predicted octanol–water partition coefficient (Wildman–Crippen LogP) is 3.88. The van der Waals surface area contributed by atoms with Crippen LogP contribution in [0.3, 0.4) is 0 Å². The summed E-state index contributed by atoms with van der Waals surface area (Å²) in [6, 6.07) is 12.7. The fourth-order valence-electron chi connectivity index (χ4n) is 2.73. The van der Waals surface area contributed by atoms with Gasteiger partial charge in [-0.25, -0.2) is 22.2 Å². The largest absolute Gasteiger partial charge is 0.337 e. The lowest BCUT2D eigenvalue weighted by Crippen LogP contribution is -2.06. The summed E-state index contributed by atoms with van der Waals surface area (Å²) in [5, 5.41) is 0. The molecule has 0 saturated carbocycles. The van der Waals surface area contributed by atoms with Crippen LogP contribution in [0.1, 0.15) is 5.56 Å². The molecule has 2 aromatic carbocycles. The van der Waals surface area contributed by atoms with E-state index in [9.17, 15) is 17.2 Å². The minimum absolute atomic E-state index is 0.0231. The van der Waals surface area contributed by atoms with Crippen molar-refractivity contribution < 1.29 is 17.2 Å². The van der Waals surface area contributed by atoms with E-state index in [4.69, 9.17) is 0 Å². The van der Waals surface area contributed by atoms with Gasteiger partial charge in [0.05, 0.1) is 21.7 Å². The smallest absolute Gasteiger partial charge is 0.182 e. The third-order valence-electron chi connectivity index (χ3n) is 4.08. The topological polar surface area (TPSA) is 75.7 Å². The lowest BCUT2D eigenvalue weighted by molar-refractivity contribution is 0.569. The first-order valence-corrected chi connectivity index (χ1v) is 9.65. The summed E-state index contributed by atoms with van der Waals surface area (Å²) < 4.78 is 52.1. The highest BCUT2D eigenvalue weighted by molar-refractivity contribution is 7.90. The van der Waals surface area contributed by atoms with Gasteiger partial charge in [-0.3, -0.25) is 4.98 Å². The number of halogens is 2. The molecule has 27 heavy (non-hydrogen) atoms. The zero-order valence-electron chi connectivity index (χ0n) is 13.9. The summed E-state index contributed by atoms with van der Waals surface area (Å²) in [6.45, 7) is 0. The van der Waals surface area contributed by atoms with Crippen LogP contribution in [0.15, 0.2) is 65.7 Å². The number of pyridine rings is 1. The molecule has 0 amide bonds. The number of fused-ring (bicyclic) bond motifs is 1. The molecule has 0 aliphatic carbocycles. The Hall–Kier alpha value is -3.13. The average molecular weight is 385 g/mol. The molecule has 4 rings (SSSR count). The van der Waals surface area contributed by atoms with Crippen molar-refractivity contribution in [1.29, 1.82) is 0 Å². The summed E-state index contributed by atoms with van der Waals surface area (Å²) >= 11 is 0. The monoisotopic (exact) mass is 385 g/mol. The lowest BCUT2D eigenvalue weighted by Gasteiger charge is -2.06. The highest BCUT2D eigenvalue weighted by Crippen LogP contribution is 2.24. The van der Waals surface area contributed by atoms with Gasteiger partial charge in [-0.15, -0.1) is 0 Å². The number of H-pyrrole nitrogens is 1. The average Bonchev–Trinajstić information content (AvgIpc) is 3.08. The molecule has 0 radical (unpaired) electrons. The van der Waals surface area contributed by atoms with Gasteiger partial charge in [0.15, 0.2) is 15.7 Å². The number of hydrogen-bond donors (Lipinski definition) is 1. The molecule has 5 nitrogen and oxygen atoms in total. The van der Waals surface area contributed by atoms with Crippen molar-refractivity contribution in [2.75, 3.05) is 0 Å². The van der Waals surface area contributed by atoms with Crippen LogP contribution in [0.4, 0.5) is 8.78 Å². The molecule has 136 valence electrons. The van der Waals surface area contributed by atoms with Gasteiger partial charge >= 0.3 is 0 Å². The van der Waals surface area contributed by atoms with Gasteiger partial charge in [-0.05, 0) is 36.4 Å². The Labute approximate surface area is 153 Å². The van der Waals surface area contributed by atoms with Crippen LogP contribution in [0.2, 0.25) is 0 Å². The predicted molar refractivity (Wildman–Crippen MR) is 96.6 cm³/mol. The summed E-state index contributed by atoms with van der Waals surface area (Å²) in [6.07, 6.45) is 1.63. The second-order valence-corrected chi connectivity index (χ2v) is 7.96. The Kier molecular flexibility index (Phi) is 4.19. The molecule has 0 spiro atoms. The molecular formula is C19H13F2N3O2S. The Morgan fingerprint density at radius 1 is 1.00 bits per heavy atom. The van der Waals surface area contributed by atoms with Crippen LogP contribution < -0.4 is 0 Å². The molecule has 8 heteroatoms. The van der Waals surface area contributed by atoms with Crippen molar-refractivity contribution in [1.82, 2.24) is 15.0 Å². The van der Waals surface area contributed by atoms with E-state index in [-0.39, 0.29) is 10.5 Å². The minimum atomic E-state index is -3.82. The van der Waals surface area contributed by atoms with Crippen LogP contribution in [-0.4, -0.2) is 23.4 Å². The Morgan fingerprint density at radius 3 is 2.59 bits per heavy atom. The number of benzene rings is 2. The van der Waals surface area contributed by atoms with Gasteiger partial charge < -0.3 is 4.98 Å². The van der Waals surface area contributed by atoms with Gasteiger partial charge in [0.25, 0.3) is 0 Å². The van der Waals surface area contributed by atoms with E-state index in [0.717, 1.165) is 12.1 Å². The minimum Gasteiger partial charge on any atom is -0.337 e. The molecular weight excluding hydrogens is 372 g/mol. The highest BCUT2D eigenvalue weighted by atomic mass is 32.2. The molecule has 0 aliphatic heterocycles. The van der Waals surface area contributed by atoms with E-state index in [2.05, 4.69) is 15.0 Å². The van der Waals surface area contributed by atoms with E-state index in [0.29, 0.717) is 28.6 Å². The summed E-state index contributed by atoms with van der Waals surface area (Å²) in [4.78, 5) is 11.7. The van der Waals surface area contributed by atoms with E-state index >= 15 is 0 Å². The maximum Gasteiger partial charge on any atom is 0.182 e. The van der Waals surface area contributed by atoms with Crippen LogP contribution in [0, 0.1) is 11.6 Å². The number of aromatic amines is 1. The molecule has 0 fully saturated rings. The fraction of sp³-hybridized carbons (Fsp3) is 0.0526. The van der Waals surface area contributed by atoms with Crippen molar-refractivity contribution in [3.05, 3.63) is 78.0 Å². The zero-order valence-corrected chi connectivity index (χ0v) is 14.7. The molecule has 0 atom stereocenters. The number of aromatic nitrogens is 3. The molecule has 1 N–H and O–H groups in total. The van der Waals surface area contributed by atoms with Crippen molar-refractivity contribution in [3.8, 4) is 11.5 Å². The number of nitrogens with zero attached hydrogens (tertiary/aromatic N) is 2. The number of rotatable bonds is 4. The maximum atomic E-state index is 13.8. The lowest BCUT2D eigenvalue weighted by atomic mass is 10.2. The Morgan fingerprint density at radius 2 is 1.85 bits per heavy atom. The van der Waals surface area contributed by atoms with Crippen LogP contribution >= 0.6 is 0 Å². The SMILES string of the molecule is O=S(=O)(Cc1ccc(F)cc1F)c1ccc2nc(-c3ccccn3)[nH]c2c1. The standard InChI is InChI=1S/C19H13F2N3O2S/c20-13-5-4-12(15(21)9-13)11-27(25,26)14-6-7-16-18(10-14)24-19(23-16)17-3-1-2-8-22-17/h1-10H,11H2,(H,23,24). The highest BCUT2D eigenvalue weighted by Gasteiger charge is 2.19. The summed E-state index contributed by atoms with van der Waals surface area (Å²) in [5.74, 6) is -1.69. The first kappa shape index (κ1) is 17.3. The second kappa shape index (κ2) is 6.55. The van der Waals surface area contributed by atoms with Crippen molar-refractivity contribution >= 4 is 20.9 Å². The van der Waals surface area contributed by atoms with Crippen LogP contribution in [0.5, 0.6) is 0 Å². The summed E-state index contributed by atoms with van der Waals surface area (Å²) in [5.41, 5.74) is 1.65. The number of sulfone groups is 1. The van der Waals surface area contributed by atoms with Gasteiger partial charge in [0.1, 0.15) is 17.3 Å². The number of nitrogens with one attached hydrogen (secondary N) is 1. The van der Waals surface area contributed by atoms with E-state index < -0.39 is 27.2 Å². The zero-order chi connectivity index (χ0) is 19.0. The molecule has 0 aliphatic rings. The second-order valence-electron chi connectivity index (χ2n) is 5.97. The van der Waals surface area contributed by atoms with Gasteiger partial charge in [-0.1, -0.05) is 12.1 Å². The summed E-state index contributed by atoms with van der Waals surface area (Å²) in [7, 11) is -3.82. The Bertz CT molecular complexity index is 1240. The van der Waals surface area contributed by atoms with Crippen molar-refractivity contribution in [2.24, 2.45) is 0 Å². The molecule has 0 saturated heterocycles. The number of imidazole rings is 1. The molecule has 0 unspecified atom stereocenters. The molecule has 2 heterocycles. The third kappa shape index (κ3) is 3.43. The van der Waals surface area contributed by atoms with Crippen molar-refractivity contribution in [2.45, 2.75) is 10.6 Å². The quantitative estimate of drug-likeness (QED) is 0.579. The van der Waals surface area contributed by atoms with Gasteiger partial charge in [-0.2, -0.15) is 0 Å². The van der Waals surface area contributed by atoms with Crippen LogP contribution in [0.25, 0.3) is 22.6 Å². The Balaban J connectivity index is 1.70. The van der Waals surface area contributed by atoms with E-state index in [1.54, 1.807) is 24.4 Å². The molecule has 4 aromatic rings. The molecule has 2 aromatic heterocycles. The van der Waals surface area contributed by atoms with Gasteiger partial charge in [0.2, 0.25) is 0 Å². The molecule has 0 bridgehead atoms. The maximum absolute atomic E-state index is 13.8.